The zero-order valence-electron chi connectivity index (χ0n) is 21.2. The van der Waals surface area contributed by atoms with Crippen molar-refractivity contribution in [1.82, 2.24) is 4.57 Å². The first kappa shape index (κ1) is 27.1. The first-order chi connectivity index (χ1) is 18.6. The number of fused-ring (bicyclic) bond motifs is 4. The number of anilines is 3. The van der Waals surface area contributed by atoms with Crippen LogP contribution in [0.3, 0.4) is 0 Å². The molecule has 5 nitrogen and oxygen atoms in total. The van der Waals surface area contributed by atoms with E-state index in [4.69, 9.17) is 4.74 Å². The van der Waals surface area contributed by atoms with Crippen molar-refractivity contribution in [3.05, 3.63) is 134 Å². The molecule has 2 aliphatic rings. The summed E-state index contributed by atoms with van der Waals surface area (Å²) in [7, 11) is 2.02. The number of benzene rings is 4. The molecule has 2 aliphatic heterocycles. The molecule has 0 aliphatic carbocycles. The molecule has 0 fully saturated rings. The van der Waals surface area contributed by atoms with Gasteiger partial charge in [-0.15, -0.1) is 41.8 Å². The monoisotopic (exact) mass is 703 g/mol. The summed E-state index contributed by atoms with van der Waals surface area (Å²) in [4.78, 5) is 4.17. The Kier molecular flexibility index (Phi) is 7.18. The van der Waals surface area contributed by atoms with Crippen LogP contribution in [0, 0.1) is 18.3 Å². The molecule has 0 bridgehead atoms. The molecule has 0 saturated carbocycles. The number of hydrogen-bond donors (Lipinski definition) is 0. The van der Waals surface area contributed by atoms with Crippen LogP contribution in [-0.4, -0.2) is 22.9 Å². The van der Waals surface area contributed by atoms with Gasteiger partial charge in [0.15, 0.2) is 0 Å². The zero-order valence-corrected chi connectivity index (χ0v) is 23.5. The Morgan fingerprint density at radius 1 is 0.825 bits per heavy atom. The smallest absolute Gasteiger partial charge is 0.510 e. The molecule has 0 unspecified atom stereocenters. The molecular weight excluding hydrogens is 675 g/mol. The summed E-state index contributed by atoms with van der Waals surface area (Å²) in [6.45, 7) is 8.48. The van der Waals surface area contributed by atoms with Gasteiger partial charge in [0.2, 0.25) is 6.17 Å². The summed E-state index contributed by atoms with van der Waals surface area (Å²) in [5.74, 6) is 2.08. The molecule has 4 aromatic carbocycles. The predicted octanol–water partition coefficient (Wildman–Crippen LogP) is 8.01. The third kappa shape index (κ3) is 4.23. The Labute approximate surface area is 249 Å². The van der Waals surface area contributed by atoms with Crippen LogP contribution in [0.2, 0.25) is 0 Å². The second-order valence-electron chi connectivity index (χ2n) is 9.27. The van der Waals surface area contributed by atoms with Gasteiger partial charge in [-0.2, -0.15) is 12.1 Å². The normalized spacial score (nSPS) is 14.0. The average molecular weight is 704 g/mol. The van der Waals surface area contributed by atoms with E-state index in [9.17, 15) is 0 Å². The van der Waals surface area contributed by atoms with Gasteiger partial charge in [0, 0.05) is 31.5 Å². The first-order valence-corrected chi connectivity index (χ1v) is 12.4. The molecule has 0 radical (unpaired) electrons. The summed E-state index contributed by atoms with van der Waals surface area (Å²) >= 11 is 0. The molecule has 200 valence electrons. The minimum atomic E-state index is 0. The zero-order chi connectivity index (χ0) is 25.8. The van der Waals surface area contributed by atoms with E-state index in [0.29, 0.717) is 11.5 Å². The number of allylic oxidation sites excluding steroid dienone is 2. The van der Waals surface area contributed by atoms with Crippen LogP contribution in [0.25, 0.3) is 21.8 Å². The molecule has 5 aromatic rings. The Morgan fingerprint density at radius 2 is 1.57 bits per heavy atom. The van der Waals surface area contributed by atoms with Crippen LogP contribution in [0.1, 0.15) is 7.43 Å². The van der Waals surface area contributed by atoms with Gasteiger partial charge in [-0.1, -0.05) is 61.5 Å². The minimum absolute atomic E-state index is 0. The summed E-state index contributed by atoms with van der Waals surface area (Å²) in [5, 5.41) is 2.25. The topological polar surface area (TPSA) is 23.6 Å². The van der Waals surface area contributed by atoms with Crippen molar-refractivity contribution in [3.63, 3.8) is 0 Å². The van der Waals surface area contributed by atoms with E-state index < -0.39 is 0 Å². The van der Waals surface area contributed by atoms with Gasteiger partial charge in [-0.05, 0) is 29.8 Å². The van der Waals surface area contributed by atoms with Crippen molar-refractivity contribution in [2.75, 3.05) is 16.8 Å². The molecule has 6 heteroatoms. The van der Waals surface area contributed by atoms with E-state index in [-0.39, 0.29) is 28.5 Å². The molecule has 40 heavy (non-hydrogen) atoms. The fraction of sp³-hybridized carbons (Fsp3) is 0.0588. The van der Waals surface area contributed by atoms with Gasteiger partial charge in [-0.3, -0.25) is 9.14 Å². The molecule has 0 atom stereocenters. The Morgan fingerprint density at radius 3 is 2.40 bits per heavy atom. The maximum Gasteiger partial charge on any atom is 2.00 e. The van der Waals surface area contributed by atoms with Gasteiger partial charge in [0.05, 0.1) is 16.9 Å². The van der Waals surface area contributed by atoms with Crippen LogP contribution >= 0.6 is 0 Å². The first-order valence-electron chi connectivity index (χ1n) is 12.4. The van der Waals surface area contributed by atoms with Gasteiger partial charge in [-0.25, -0.2) is 0 Å². The maximum absolute atomic E-state index is 6.34. The summed E-state index contributed by atoms with van der Waals surface area (Å²) in [6.07, 6.45) is 8.92. The second-order valence-corrected chi connectivity index (χ2v) is 9.27. The number of para-hydroxylation sites is 3. The third-order valence-electron chi connectivity index (χ3n) is 7.05. The SMILES string of the molecule is C.C=C1N(C)c2ccccc2N1c1[c-]c(Oc2[c-]c3c(cc2)c2ccccc2n3[C-]2C=CC=C[N+]2=C)ccc1.[Pt+2]. The van der Waals surface area contributed by atoms with Crippen molar-refractivity contribution in [2.45, 2.75) is 7.43 Å². The van der Waals surface area contributed by atoms with Crippen molar-refractivity contribution >= 4 is 45.6 Å². The second kappa shape index (κ2) is 10.6. The van der Waals surface area contributed by atoms with E-state index >= 15 is 0 Å². The molecule has 3 heterocycles. The van der Waals surface area contributed by atoms with Crippen molar-refractivity contribution in [1.29, 1.82) is 0 Å². The van der Waals surface area contributed by atoms with Crippen LogP contribution in [0.15, 0.2) is 116 Å². The molecular formula is C34H28N4OPt. The maximum atomic E-state index is 6.34. The molecule has 7 rings (SSSR count). The van der Waals surface area contributed by atoms with Crippen LogP contribution in [0.5, 0.6) is 11.5 Å². The molecule has 0 saturated heterocycles. The Bertz CT molecular complexity index is 1830. The standard InChI is InChI=1S/C33H24N4O.CH4.Pt/c1-23-35(3)30-15-6-7-16-31(30)36(23)24-11-10-12-25(21-24)38-26-18-19-28-27-13-4-5-14-29(27)37(32(28)22-26)33-17-8-9-20-34(33)2;;/h4-20H,1-2H2,3H3;1H4;/q-2;;+2. The van der Waals surface area contributed by atoms with E-state index in [1.54, 1.807) is 0 Å². The summed E-state index contributed by atoms with van der Waals surface area (Å²) in [5.41, 5.74) is 5.04. The number of aromatic nitrogens is 1. The molecule has 0 amide bonds. The summed E-state index contributed by atoms with van der Waals surface area (Å²) in [6, 6.07) is 33.5. The van der Waals surface area contributed by atoms with E-state index in [0.717, 1.165) is 50.9 Å². The van der Waals surface area contributed by atoms with Crippen LogP contribution < -0.4 is 14.5 Å². The Balaban J connectivity index is 0.00000161. The molecule has 0 spiro atoms. The predicted molar refractivity (Wildman–Crippen MR) is 161 cm³/mol. The van der Waals surface area contributed by atoms with Gasteiger partial charge < -0.3 is 14.5 Å². The van der Waals surface area contributed by atoms with Crippen LogP contribution in [-0.2, 0) is 21.1 Å². The van der Waals surface area contributed by atoms with Crippen molar-refractivity contribution < 1.29 is 30.4 Å². The van der Waals surface area contributed by atoms with Gasteiger partial charge in [0.1, 0.15) is 5.82 Å². The van der Waals surface area contributed by atoms with E-state index in [1.165, 1.54) is 0 Å². The van der Waals surface area contributed by atoms with Gasteiger partial charge in [0.25, 0.3) is 0 Å². The summed E-state index contributed by atoms with van der Waals surface area (Å²) < 4.78 is 10.4. The molecule has 0 N–H and O–H groups in total. The van der Waals surface area contributed by atoms with E-state index in [1.807, 2.05) is 72.4 Å². The third-order valence-corrected chi connectivity index (χ3v) is 7.05. The Hall–Kier alpha value is -4.47. The largest absolute Gasteiger partial charge is 2.00 e. The van der Waals surface area contributed by atoms with Gasteiger partial charge >= 0.3 is 21.1 Å². The fourth-order valence-electron chi connectivity index (χ4n) is 5.22. The quantitative estimate of drug-likeness (QED) is 0.140. The van der Waals surface area contributed by atoms with Crippen molar-refractivity contribution in [3.8, 4) is 11.5 Å². The van der Waals surface area contributed by atoms with E-state index in [2.05, 4.69) is 82.3 Å². The van der Waals surface area contributed by atoms with Crippen molar-refractivity contribution in [2.24, 2.45) is 0 Å². The number of hydrogen-bond acceptors (Lipinski definition) is 3. The molecule has 1 aromatic heterocycles. The minimum Gasteiger partial charge on any atom is -0.510 e. The fourth-order valence-corrected chi connectivity index (χ4v) is 5.22. The average Bonchev–Trinajstić information content (AvgIpc) is 3.40. The number of ether oxygens (including phenoxy) is 1. The van der Waals surface area contributed by atoms with Crippen LogP contribution in [0.4, 0.5) is 17.1 Å². The number of rotatable bonds is 4. The number of nitrogens with zero attached hydrogens (tertiary/aromatic N) is 4.